The van der Waals surface area contributed by atoms with Crippen molar-refractivity contribution < 1.29 is 5.11 Å². The van der Waals surface area contributed by atoms with Crippen molar-refractivity contribution in [1.82, 2.24) is 9.55 Å². The van der Waals surface area contributed by atoms with E-state index < -0.39 is 5.56 Å². The lowest BCUT2D eigenvalue weighted by Gasteiger charge is -2.09. The third-order valence-corrected chi connectivity index (χ3v) is 3.35. The molecule has 2 aromatic rings. The van der Waals surface area contributed by atoms with Crippen LogP contribution in [-0.4, -0.2) is 20.9 Å². The first-order valence-corrected chi connectivity index (χ1v) is 7.10. The lowest BCUT2D eigenvalue weighted by molar-refractivity contribution is 0.402. The van der Waals surface area contributed by atoms with E-state index in [1.807, 2.05) is 38.1 Å². The highest BCUT2D eigenvalue weighted by Gasteiger charge is 2.10. The molecule has 1 heterocycles. The molecule has 1 aromatic carbocycles. The van der Waals surface area contributed by atoms with E-state index in [0.29, 0.717) is 12.2 Å². The maximum Gasteiger partial charge on any atom is 0.264 e. The van der Waals surface area contributed by atoms with E-state index >= 15 is 0 Å². The van der Waals surface area contributed by atoms with E-state index in [4.69, 9.17) is 12.2 Å². The van der Waals surface area contributed by atoms with Gasteiger partial charge in [-0.15, -0.1) is 0 Å². The lowest BCUT2D eigenvalue weighted by Crippen LogP contribution is -2.18. The van der Waals surface area contributed by atoms with Crippen molar-refractivity contribution >= 4 is 24.1 Å². The molecular weight excluding hydrogens is 286 g/mol. The summed E-state index contributed by atoms with van der Waals surface area (Å²) in [5.41, 5.74) is 1.51. The normalized spacial score (nSPS) is 11.1. The summed E-state index contributed by atoms with van der Waals surface area (Å²) in [5, 5.41) is 10.2. The van der Waals surface area contributed by atoms with Crippen LogP contribution in [0.4, 0.5) is 5.69 Å². The summed E-state index contributed by atoms with van der Waals surface area (Å²) in [6, 6.07) is 7.55. The van der Waals surface area contributed by atoms with E-state index in [0.717, 1.165) is 12.0 Å². The second-order valence-electron chi connectivity index (χ2n) is 4.74. The maximum atomic E-state index is 11.9. The summed E-state index contributed by atoms with van der Waals surface area (Å²) in [5.74, 6) is -0.151. The fourth-order valence-corrected chi connectivity index (χ4v) is 2.16. The van der Waals surface area contributed by atoms with Gasteiger partial charge in [0.25, 0.3) is 5.56 Å². The Kier molecular flexibility index (Phi) is 4.70. The zero-order valence-electron chi connectivity index (χ0n) is 12.0. The SMILES string of the molecule is CCCn1c(O)c(C=Nc2ccc(C)cc2)c(=O)[nH]c1=S. The molecule has 0 unspecified atom stereocenters. The van der Waals surface area contributed by atoms with Crippen LogP contribution in [0.3, 0.4) is 0 Å². The van der Waals surface area contributed by atoms with Crippen LogP contribution in [-0.2, 0) is 6.54 Å². The number of nitrogens with one attached hydrogen (secondary N) is 1. The van der Waals surface area contributed by atoms with Gasteiger partial charge in [0.2, 0.25) is 5.88 Å². The van der Waals surface area contributed by atoms with Crippen LogP contribution in [0, 0.1) is 11.7 Å². The quantitative estimate of drug-likeness (QED) is 0.673. The van der Waals surface area contributed by atoms with Crippen molar-refractivity contribution in [3.05, 3.63) is 50.5 Å². The van der Waals surface area contributed by atoms with Gasteiger partial charge in [0.1, 0.15) is 5.56 Å². The molecule has 0 spiro atoms. The van der Waals surface area contributed by atoms with Gasteiger partial charge >= 0.3 is 0 Å². The van der Waals surface area contributed by atoms with Crippen LogP contribution in [0.25, 0.3) is 0 Å². The minimum atomic E-state index is -0.444. The summed E-state index contributed by atoms with van der Waals surface area (Å²) in [7, 11) is 0. The smallest absolute Gasteiger partial charge is 0.264 e. The Morgan fingerprint density at radius 2 is 2.05 bits per heavy atom. The minimum Gasteiger partial charge on any atom is -0.494 e. The molecule has 0 atom stereocenters. The second kappa shape index (κ2) is 6.49. The van der Waals surface area contributed by atoms with Crippen LogP contribution < -0.4 is 5.56 Å². The van der Waals surface area contributed by atoms with Crippen molar-refractivity contribution in [1.29, 1.82) is 0 Å². The third-order valence-electron chi connectivity index (χ3n) is 3.03. The van der Waals surface area contributed by atoms with Crippen molar-refractivity contribution in [2.24, 2.45) is 4.99 Å². The number of aromatic amines is 1. The molecule has 0 aliphatic heterocycles. The largest absolute Gasteiger partial charge is 0.494 e. The first kappa shape index (κ1) is 15.2. The number of rotatable bonds is 4. The molecule has 0 saturated heterocycles. The predicted octanol–water partition coefficient (Wildman–Crippen LogP) is 3.08. The fourth-order valence-electron chi connectivity index (χ4n) is 1.89. The zero-order chi connectivity index (χ0) is 15.4. The molecule has 21 heavy (non-hydrogen) atoms. The van der Waals surface area contributed by atoms with Gasteiger partial charge in [0, 0.05) is 12.8 Å². The monoisotopic (exact) mass is 303 g/mol. The van der Waals surface area contributed by atoms with Gasteiger partial charge in [-0.2, -0.15) is 0 Å². The van der Waals surface area contributed by atoms with Crippen molar-refractivity contribution in [3.8, 4) is 5.88 Å². The van der Waals surface area contributed by atoms with E-state index in [9.17, 15) is 9.90 Å². The molecule has 2 rings (SSSR count). The standard InChI is InChI=1S/C15H17N3O2S/c1-3-8-18-14(20)12(13(19)17-15(18)21)9-16-11-6-4-10(2)5-7-11/h4-7,9,20H,3,8H2,1-2H3,(H,17,19,21). The Morgan fingerprint density at radius 1 is 1.38 bits per heavy atom. The highest BCUT2D eigenvalue weighted by molar-refractivity contribution is 7.71. The number of hydrogen-bond acceptors (Lipinski definition) is 4. The Labute approximate surface area is 127 Å². The molecule has 0 saturated carbocycles. The molecule has 0 amide bonds. The Morgan fingerprint density at radius 3 is 2.67 bits per heavy atom. The van der Waals surface area contributed by atoms with Crippen molar-refractivity contribution in [2.75, 3.05) is 0 Å². The molecule has 1 aromatic heterocycles. The zero-order valence-corrected chi connectivity index (χ0v) is 12.8. The molecule has 0 radical (unpaired) electrons. The summed E-state index contributed by atoms with van der Waals surface area (Å²) in [6.07, 6.45) is 2.15. The molecule has 5 nitrogen and oxygen atoms in total. The summed E-state index contributed by atoms with van der Waals surface area (Å²) in [4.78, 5) is 18.7. The summed E-state index contributed by atoms with van der Waals surface area (Å²) < 4.78 is 1.71. The Bertz CT molecular complexity index is 773. The Hall–Kier alpha value is -2.21. The number of hydrogen-bond donors (Lipinski definition) is 2. The Balaban J connectivity index is 2.44. The van der Waals surface area contributed by atoms with Crippen molar-refractivity contribution in [3.63, 3.8) is 0 Å². The first-order chi connectivity index (χ1) is 10.0. The highest BCUT2D eigenvalue weighted by atomic mass is 32.1. The van der Waals surface area contributed by atoms with Crippen LogP contribution in [0.15, 0.2) is 34.1 Å². The predicted molar refractivity (Wildman–Crippen MR) is 86.3 cm³/mol. The van der Waals surface area contributed by atoms with Gasteiger partial charge in [0.15, 0.2) is 4.77 Å². The van der Waals surface area contributed by atoms with Gasteiger partial charge in [-0.25, -0.2) is 0 Å². The van der Waals surface area contributed by atoms with E-state index in [1.165, 1.54) is 10.8 Å². The molecule has 0 aliphatic carbocycles. The molecule has 6 heteroatoms. The van der Waals surface area contributed by atoms with E-state index in [1.54, 1.807) is 0 Å². The van der Waals surface area contributed by atoms with Gasteiger partial charge in [-0.3, -0.25) is 19.3 Å². The summed E-state index contributed by atoms with van der Waals surface area (Å²) >= 11 is 5.05. The molecule has 0 aliphatic rings. The average molecular weight is 303 g/mol. The maximum absolute atomic E-state index is 11.9. The highest BCUT2D eigenvalue weighted by Crippen LogP contribution is 2.15. The van der Waals surface area contributed by atoms with Crippen LogP contribution in [0.1, 0.15) is 24.5 Å². The lowest BCUT2D eigenvalue weighted by atomic mass is 10.2. The first-order valence-electron chi connectivity index (χ1n) is 6.69. The number of aromatic hydroxyl groups is 1. The van der Waals surface area contributed by atoms with Crippen LogP contribution >= 0.6 is 12.2 Å². The van der Waals surface area contributed by atoms with Gasteiger partial charge in [-0.1, -0.05) is 24.6 Å². The molecule has 2 N–H and O–H groups in total. The number of benzene rings is 1. The average Bonchev–Trinajstić information content (AvgIpc) is 2.45. The van der Waals surface area contributed by atoms with E-state index in [2.05, 4.69) is 9.98 Å². The third kappa shape index (κ3) is 3.46. The minimum absolute atomic E-state index is 0.109. The number of aryl methyl sites for hydroxylation is 1. The van der Waals surface area contributed by atoms with Gasteiger partial charge in [0.05, 0.1) is 5.69 Å². The molecule has 0 bridgehead atoms. The number of aromatic nitrogens is 2. The van der Waals surface area contributed by atoms with E-state index in [-0.39, 0.29) is 16.2 Å². The second-order valence-corrected chi connectivity index (χ2v) is 5.13. The molecule has 110 valence electrons. The molecular formula is C15H17N3O2S. The number of nitrogens with zero attached hydrogens (tertiary/aromatic N) is 2. The van der Waals surface area contributed by atoms with Crippen LogP contribution in [0.5, 0.6) is 5.88 Å². The molecule has 0 fully saturated rings. The topological polar surface area (TPSA) is 70.4 Å². The number of H-pyrrole nitrogens is 1. The van der Waals surface area contributed by atoms with Gasteiger partial charge in [-0.05, 0) is 37.7 Å². The number of aliphatic imine (C=N–C) groups is 1. The van der Waals surface area contributed by atoms with Crippen molar-refractivity contribution in [2.45, 2.75) is 26.8 Å². The fraction of sp³-hybridized carbons (Fsp3) is 0.267. The van der Waals surface area contributed by atoms with Gasteiger partial charge < -0.3 is 5.11 Å². The van der Waals surface area contributed by atoms with Crippen LogP contribution in [0.2, 0.25) is 0 Å². The summed E-state index contributed by atoms with van der Waals surface area (Å²) in [6.45, 7) is 4.49.